The van der Waals surface area contributed by atoms with Crippen molar-refractivity contribution in [2.75, 3.05) is 26.0 Å². The highest BCUT2D eigenvalue weighted by Gasteiger charge is 2.20. The fourth-order valence-electron chi connectivity index (χ4n) is 2.64. The fraction of sp³-hybridized carbons (Fsp3) is 0.294. The third kappa shape index (κ3) is 3.11. The third-order valence-electron chi connectivity index (χ3n) is 3.82. The molecule has 0 saturated heterocycles. The Kier molecular flexibility index (Phi) is 3.97. The second-order valence-electron chi connectivity index (χ2n) is 5.22. The van der Waals surface area contributed by atoms with Crippen LogP contribution in [-0.4, -0.2) is 25.2 Å². The van der Waals surface area contributed by atoms with Gasteiger partial charge in [-0.2, -0.15) is 0 Å². The van der Waals surface area contributed by atoms with Gasteiger partial charge in [0, 0.05) is 25.3 Å². The number of benzene rings is 2. The maximum atomic E-state index is 6.01. The van der Waals surface area contributed by atoms with Crippen LogP contribution < -0.4 is 15.2 Å². The zero-order valence-electron chi connectivity index (χ0n) is 12.2. The molecule has 2 aromatic carbocycles. The van der Waals surface area contributed by atoms with Crippen molar-refractivity contribution < 1.29 is 9.47 Å². The molecule has 0 aliphatic carbocycles. The van der Waals surface area contributed by atoms with Gasteiger partial charge < -0.3 is 15.2 Å². The van der Waals surface area contributed by atoms with Crippen LogP contribution in [0.4, 0.5) is 5.69 Å². The van der Waals surface area contributed by atoms with Crippen LogP contribution in [0, 0.1) is 0 Å². The number of nitrogens with two attached hydrogens (primary N) is 1. The highest BCUT2D eigenvalue weighted by Crippen LogP contribution is 2.27. The summed E-state index contributed by atoms with van der Waals surface area (Å²) in [6, 6.07) is 13.8. The molecule has 0 unspecified atom stereocenters. The van der Waals surface area contributed by atoms with Gasteiger partial charge in [-0.1, -0.05) is 12.1 Å². The Labute approximate surface area is 125 Å². The molecule has 0 aromatic heterocycles. The molecule has 0 amide bonds. The van der Waals surface area contributed by atoms with E-state index in [0.29, 0.717) is 6.61 Å². The zero-order valence-corrected chi connectivity index (χ0v) is 12.2. The molecule has 0 spiro atoms. The van der Waals surface area contributed by atoms with Crippen molar-refractivity contribution in [2.45, 2.75) is 13.1 Å². The molecule has 0 radical (unpaired) electrons. The predicted octanol–water partition coefficient (Wildman–Crippen LogP) is 2.67. The first kappa shape index (κ1) is 13.8. The van der Waals surface area contributed by atoms with Crippen LogP contribution in [0.15, 0.2) is 42.5 Å². The minimum Gasteiger partial charge on any atom is -0.497 e. The van der Waals surface area contributed by atoms with Gasteiger partial charge in [-0.3, -0.25) is 4.90 Å². The minimum atomic E-state index is 0.667. The summed E-state index contributed by atoms with van der Waals surface area (Å²) in [4.78, 5) is 2.35. The van der Waals surface area contributed by atoms with Crippen LogP contribution in [0.2, 0.25) is 0 Å². The first-order chi connectivity index (χ1) is 10.3. The Balaban J connectivity index is 1.50. The monoisotopic (exact) mass is 284 g/mol. The molecule has 4 nitrogen and oxygen atoms in total. The lowest BCUT2D eigenvalue weighted by Crippen LogP contribution is -2.23. The van der Waals surface area contributed by atoms with Crippen molar-refractivity contribution >= 4 is 5.69 Å². The molecule has 0 fully saturated rings. The Bertz CT molecular complexity index is 611. The number of nitrogen functional groups attached to an aromatic ring is 1. The van der Waals surface area contributed by atoms with Crippen LogP contribution in [-0.2, 0) is 13.1 Å². The van der Waals surface area contributed by atoms with Gasteiger partial charge >= 0.3 is 0 Å². The van der Waals surface area contributed by atoms with E-state index in [1.807, 2.05) is 36.4 Å². The van der Waals surface area contributed by atoms with Crippen molar-refractivity contribution in [3.63, 3.8) is 0 Å². The normalized spacial score (nSPS) is 14.0. The van der Waals surface area contributed by atoms with Gasteiger partial charge in [0.15, 0.2) is 0 Å². The lowest BCUT2D eigenvalue weighted by molar-refractivity contribution is 0.211. The first-order valence-corrected chi connectivity index (χ1v) is 7.12. The van der Waals surface area contributed by atoms with E-state index in [9.17, 15) is 0 Å². The number of fused-ring (bicyclic) bond motifs is 1. The molecule has 0 saturated carbocycles. The molecule has 2 aromatic rings. The van der Waals surface area contributed by atoms with E-state index in [1.165, 1.54) is 11.1 Å². The van der Waals surface area contributed by atoms with E-state index in [2.05, 4.69) is 11.0 Å². The van der Waals surface area contributed by atoms with Crippen LogP contribution in [0.3, 0.4) is 0 Å². The summed E-state index contributed by atoms with van der Waals surface area (Å²) in [6.07, 6.45) is 0. The first-order valence-electron chi connectivity index (χ1n) is 7.12. The molecular weight excluding hydrogens is 264 g/mol. The molecule has 0 atom stereocenters. The van der Waals surface area contributed by atoms with E-state index in [1.54, 1.807) is 7.11 Å². The van der Waals surface area contributed by atoms with Gasteiger partial charge in [0.25, 0.3) is 0 Å². The van der Waals surface area contributed by atoms with Gasteiger partial charge in [-0.05, 0) is 41.5 Å². The highest BCUT2D eigenvalue weighted by atomic mass is 16.5. The number of rotatable bonds is 5. The fourth-order valence-corrected chi connectivity index (χ4v) is 2.64. The van der Waals surface area contributed by atoms with Crippen LogP contribution >= 0.6 is 0 Å². The largest absolute Gasteiger partial charge is 0.497 e. The number of methoxy groups -OCH3 is 1. The summed E-state index contributed by atoms with van der Waals surface area (Å²) in [6.45, 7) is 3.42. The lowest BCUT2D eigenvalue weighted by atomic mass is 10.1. The average Bonchev–Trinajstić information content (AvgIpc) is 2.92. The van der Waals surface area contributed by atoms with E-state index < -0.39 is 0 Å². The molecule has 1 aliphatic rings. The van der Waals surface area contributed by atoms with Crippen molar-refractivity contribution in [2.24, 2.45) is 0 Å². The summed E-state index contributed by atoms with van der Waals surface area (Å²) in [5.41, 5.74) is 9.50. The second kappa shape index (κ2) is 6.06. The smallest absolute Gasteiger partial charge is 0.119 e. The molecule has 1 aliphatic heterocycles. The van der Waals surface area contributed by atoms with Crippen molar-refractivity contribution in [1.29, 1.82) is 0 Å². The van der Waals surface area contributed by atoms with Crippen LogP contribution in [0.1, 0.15) is 11.1 Å². The quantitative estimate of drug-likeness (QED) is 0.858. The number of nitrogens with zero attached hydrogens (tertiary/aromatic N) is 1. The summed E-state index contributed by atoms with van der Waals surface area (Å²) in [7, 11) is 1.66. The van der Waals surface area contributed by atoms with Crippen molar-refractivity contribution in [3.05, 3.63) is 53.6 Å². The molecule has 21 heavy (non-hydrogen) atoms. The number of hydrogen-bond acceptors (Lipinski definition) is 4. The minimum absolute atomic E-state index is 0.667. The third-order valence-corrected chi connectivity index (χ3v) is 3.82. The summed E-state index contributed by atoms with van der Waals surface area (Å²) < 4.78 is 10.9. The van der Waals surface area contributed by atoms with Gasteiger partial charge in [-0.15, -0.1) is 0 Å². The Hall–Kier alpha value is -2.20. The molecular formula is C17H20N2O2. The van der Waals surface area contributed by atoms with Crippen LogP contribution in [0.25, 0.3) is 0 Å². The van der Waals surface area contributed by atoms with Gasteiger partial charge in [0.2, 0.25) is 0 Å². The molecule has 110 valence electrons. The second-order valence-corrected chi connectivity index (χ2v) is 5.22. The Morgan fingerprint density at radius 2 is 1.81 bits per heavy atom. The molecule has 3 rings (SSSR count). The molecule has 2 N–H and O–H groups in total. The lowest BCUT2D eigenvalue weighted by Gasteiger charge is -2.15. The number of ether oxygens (including phenoxy) is 2. The van der Waals surface area contributed by atoms with E-state index in [4.69, 9.17) is 15.2 Å². The zero-order chi connectivity index (χ0) is 14.7. The van der Waals surface area contributed by atoms with E-state index >= 15 is 0 Å². The SMILES string of the molecule is COc1ccc(OCCN2Cc3cccc(N)c3C2)cc1. The topological polar surface area (TPSA) is 47.7 Å². The van der Waals surface area contributed by atoms with Crippen LogP contribution in [0.5, 0.6) is 11.5 Å². The number of anilines is 1. The summed E-state index contributed by atoms with van der Waals surface area (Å²) in [5, 5.41) is 0. The maximum absolute atomic E-state index is 6.01. The van der Waals surface area contributed by atoms with E-state index in [-0.39, 0.29) is 0 Å². The molecule has 0 bridgehead atoms. The maximum Gasteiger partial charge on any atom is 0.119 e. The standard InChI is InChI=1S/C17H20N2O2/c1-20-14-5-7-15(8-6-14)21-10-9-19-11-13-3-2-4-17(18)16(13)12-19/h2-8H,9-12,18H2,1H3. The average molecular weight is 284 g/mol. The predicted molar refractivity (Wildman–Crippen MR) is 83.5 cm³/mol. The van der Waals surface area contributed by atoms with E-state index in [0.717, 1.165) is 36.8 Å². The molecule has 1 heterocycles. The summed E-state index contributed by atoms with van der Waals surface area (Å²) >= 11 is 0. The van der Waals surface area contributed by atoms with Crippen molar-refractivity contribution in [1.82, 2.24) is 4.90 Å². The molecule has 4 heteroatoms. The highest BCUT2D eigenvalue weighted by molar-refractivity contribution is 5.52. The van der Waals surface area contributed by atoms with Gasteiger partial charge in [0.05, 0.1) is 7.11 Å². The van der Waals surface area contributed by atoms with Gasteiger partial charge in [0.1, 0.15) is 18.1 Å². The Morgan fingerprint density at radius 3 is 2.52 bits per heavy atom. The number of hydrogen-bond donors (Lipinski definition) is 1. The van der Waals surface area contributed by atoms with Gasteiger partial charge in [-0.25, -0.2) is 0 Å². The van der Waals surface area contributed by atoms with Crippen molar-refractivity contribution in [3.8, 4) is 11.5 Å². The Morgan fingerprint density at radius 1 is 1.05 bits per heavy atom. The summed E-state index contributed by atoms with van der Waals surface area (Å²) in [5.74, 6) is 1.71.